The fourth-order valence-electron chi connectivity index (χ4n) is 2.99. The Bertz CT molecular complexity index is 481. The Balaban J connectivity index is 1.97. The highest BCUT2D eigenvalue weighted by molar-refractivity contribution is 5.73. The van der Waals surface area contributed by atoms with Gasteiger partial charge in [0.1, 0.15) is 11.4 Å². The maximum absolute atomic E-state index is 11.8. The molecule has 1 saturated heterocycles. The summed E-state index contributed by atoms with van der Waals surface area (Å²) >= 11 is 0. The summed E-state index contributed by atoms with van der Waals surface area (Å²) in [5, 5.41) is 3.40. The average Bonchev–Trinajstić information content (AvgIpc) is 2.56. The van der Waals surface area contributed by atoms with E-state index in [4.69, 9.17) is 4.74 Å². The average molecular weight is 260 g/mol. The molecule has 1 atom stereocenters. The molecule has 1 fully saturated rings. The third-order valence-electron chi connectivity index (χ3n) is 4.02. The van der Waals surface area contributed by atoms with Crippen LogP contribution in [0.15, 0.2) is 24.3 Å². The molecule has 1 unspecified atom stereocenters. The minimum atomic E-state index is -0.267. The largest absolute Gasteiger partial charge is 0.484 e. The van der Waals surface area contributed by atoms with E-state index in [0.29, 0.717) is 13.1 Å². The predicted octanol–water partition coefficient (Wildman–Crippen LogP) is 1.55. The second-order valence-electron chi connectivity index (χ2n) is 5.55. The second-order valence-corrected chi connectivity index (χ2v) is 5.55. The highest BCUT2D eigenvalue weighted by atomic mass is 16.5. The number of rotatable bonds is 0. The zero-order chi connectivity index (χ0) is 13.3. The fourth-order valence-corrected chi connectivity index (χ4v) is 2.99. The number of carbonyl (C=O) groups excluding carboxylic acids is 1. The van der Waals surface area contributed by atoms with E-state index in [1.807, 2.05) is 29.2 Å². The van der Waals surface area contributed by atoms with Crippen LogP contribution in [0.2, 0.25) is 0 Å². The smallest absolute Gasteiger partial charge is 0.219 e. The number of hydrogen-bond acceptors (Lipinski definition) is 3. The summed E-state index contributed by atoms with van der Waals surface area (Å²) in [6, 6.07) is 8.04. The van der Waals surface area contributed by atoms with Gasteiger partial charge in [-0.25, -0.2) is 0 Å². The van der Waals surface area contributed by atoms with Crippen LogP contribution in [0, 0.1) is 0 Å². The SMILES string of the molecule is CC(=O)N1Cc2ccccc2OC2(CCCNC2)C1. The first-order valence-electron chi connectivity index (χ1n) is 6.92. The molecule has 0 bridgehead atoms. The van der Waals surface area contributed by atoms with Gasteiger partial charge in [0, 0.05) is 25.6 Å². The molecule has 1 spiro atoms. The first-order valence-corrected chi connectivity index (χ1v) is 6.92. The highest BCUT2D eigenvalue weighted by Crippen LogP contribution is 2.32. The summed E-state index contributed by atoms with van der Waals surface area (Å²) in [5.74, 6) is 1.04. The van der Waals surface area contributed by atoms with Crippen LogP contribution in [0.3, 0.4) is 0 Å². The standard InChI is InChI=1S/C15H20N2O2/c1-12(18)17-9-13-5-2-3-6-14(13)19-15(11-17)7-4-8-16-10-15/h2-3,5-6,16H,4,7-11H2,1H3. The molecule has 2 aliphatic heterocycles. The van der Waals surface area contributed by atoms with Crippen molar-refractivity contribution in [2.75, 3.05) is 19.6 Å². The third-order valence-corrected chi connectivity index (χ3v) is 4.02. The number of benzene rings is 1. The van der Waals surface area contributed by atoms with Crippen molar-refractivity contribution >= 4 is 5.91 Å². The van der Waals surface area contributed by atoms with Crippen molar-refractivity contribution in [2.45, 2.75) is 31.9 Å². The van der Waals surface area contributed by atoms with E-state index in [1.54, 1.807) is 6.92 Å². The molecule has 1 amide bonds. The summed E-state index contributed by atoms with van der Waals surface area (Å²) < 4.78 is 6.31. The second kappa shape index (κ2) is 4.85. The Morgan fingerprint density at radius 2 is 2.26 bits per heavy atom. The first kappa shape index (κ1) is 12.5. The number of para-hydroxylation sites is 1. The maximum atomic E-state index is 11.8. The number of ether oxygens (including phenoxy) is 1. The van der Waals surface area contributed by atoms with Crippen molar-refractivity contribution in [3.05, 3.63) is 29.8 Å². The molecular weight excluding hydrogens is 240 g/mol. The van der Waals surface area contributed by atoms with Crippen LogP contribution in [0.1, 0.15) is 25.3 Å². The number of nitrogens with zero attached hydrogens (tertiary/aromatic N) is 1. The van der Waals surface area contributed by atoms with Crippen LogP contribution in [0.5, 0.6) is 5.75 Å². The third kappa shape index (κ3) is 2.45. The van der Waals surface area contributed by atoms with Crippen molar-refractivity contribution in [3.8, 4) is 5.75 Å². The molecule has 102 valence electrons. The molecule has 2 aliphatic rings. The van der Waals surface area contributed by atoms with E-state index in [9.17, 15) is 4.79 Å². The molecule has 1 aromatic rings. The lowest BCUT2D eigenvalue weighted by atomic mass is 9.93. The van der Waals surface area contributed by atoms with Gasteiger partial charge in [-0.2, -0.15) is 0 Å². The van der Waals surface area contributed by atoms with Crippen molar-refractivity contribution in [1.82, 2.24) is 10.2 Å². The molecule has 4 heteroatoms. The number of hydrogen-bond donors (Lipinski definition) is 1. The van der Waals surface area contributed by atoms with Crippen LogP contribution in [0.25, 0.3) is 0 Å². The van der Waals surface area contributed by atoms with Gasteiger partial charge in [-0.3, -0.25) is 4.79 Å². The van der Waals surface area contributed by atoms with Crippen LogP contribution in [-0.4, -0.2) is 36.0 Å². The summed E-state index contributed by atoms with van der Waals surface area (Å²) in [7, 11) is 0. The molecule has 0 saturated carbocycles. The zero-order valence-electron chi connectivity index (χ0n) is 11.3. The maximum Gasteiger partial charge on any atom is 0.219 e. The lowest BCUT2D eigenvalue weighted by molar-refractivity contribution is -0.132. The molecule has 0 aliphatic carbocycles. The Morgan fingerprint density at radius 1 is 1.42 bits per heavy atom. The van der Waals surface area contributed by atoms with Crippen LogP contribution < -0.4 is 10.1 Å². The minimum Gasteiger partial charge on any atom is -0.484 e. The van der Waals surface area contributed by atoms with E-state index < -0.39 is 0 Å². The highest BCUT2D eigenvalue weighted by Gasteiger charge is 2.39. The Morgan fingerprint density at radius 3 is 3.00 bits per heavy atom. The number of amides is 1. The molecule has 1 aromatic carbocycles. The molecular formula is C15H20N2O2. The number of piperidine rings is 1. The topological polar surface area (TPSA) is 41.6 Å². The Labute approximate surface area is 113 Å². The van der Waals surface area contributed by atoms with Gasteiger partial charge >= 0.3 is 0 Å². The normalized spacial score (nSPS) is 26.5. The number of nitrogens with one attached hydrogen (secondary N) is 1. The van der Waals surface area contributed by atoms with Gasteiger partial charge in [0.15, 0.2) is 0 Å². The lowest BCUT2D eigenvalue weighted by Gasteiger charge is -2.39. The fraction of sp³-hybridized carbons (Fsp3) is 0.533. The number of carbonyl (C=O) groups is 1. The van der Waals surface area contributed by atoms with Crippen molar-refractivity contribution in [1.29, 1.82) is 0 Å². The van der Waals surface area contributed by atoms with Crippen molar-refractivity contribution in [3.63, 3.8) is 0 Å². The van der Waals surface area contributed by atoms with Gasteiger partial charge in [-0.05, 0) is 25.5 Å². The minimum absolute atomic E-state index is 0.116. The van der Waals surface area contributed by atoms with Gasteiger partial charge in [-0.1, -0.05) is 18.2 Å². The van der Waals surface area contributed by atoms with E-state index in [1.165, 1.54) is 0 Å². The van der Waals surface area contributed by atoms with Gasteiger partial charge < -0.3 is 15.0 Å². The van der Waals surface area contributed by atoms with E-state index in [0.717, 1.165) is 37.2 Å². The van der Waals surface area contributed by atoms with Crippen LogP contribution >= 0.6 is 0 Å². The monoisotopic (exact) mass is 260 g/mol. The first-order chi connectivity index (χ1) is 9.19. The van der Waals surface area contributed by atoms with Crippen molar-refractivity contribution < 1.29 is 9.53 Å². The van der Waals surface area contributed by atoms with Crippen LogP contribution in [0.4, 0.5) is 0 Å². The Hall–Kier alpha value is -1.55. The summed E-state index contributed by atoms with van der Waals surface area (Å²) in [5.41, 5.74) is 0.830. The number of fused-ring (bicyclic) bond motifs is 1. The predicted molar refractivity (Wildman–Crippen MR) is 73.0 cm³/mol. The summed E-state index contributed by atoms with van der Waals surface area (Å²) in [6.45, 7) is 4.80. The zero-order valence-corrected chi connectivity index (χ0v) is 11.3. The van der Waals surface area contributed by atoms with Gasteiger partial charge in [-0.15, -0.1) is 0 Å². The van der Waals surface area contributed by atoms with E-state index in [-0.39, 0.29) is 11.5 Å². The summed E-state index contributed by atoms with van der Waals surface area (Å²) in [4.78, 5) is 13.7. The van der Waals surface area contributed by atoms with Gasteiger partial charge in [0.05, 0.1) is 6.54 Å². The summed E-state index contributed by atoms with van der Waals surface area (Å²) in [6.07, 6.45) is 2.09. The molecule has 0 aromatic heterocycles. The quantitative estimate of drug-likeness (QED) is 0.769. The molecule has 19 heavy (non-hydrogen) atoms. The Kier molecular flexibility index (Phi) is 3.19. The van der Waals surface area contributed by atoms with Crippen LogP contribution in [-0.2, 0) is 11.3 Å². The van der Waals surface area contributed by atoms with E-state index >= 15 is 0 Å². The van der Waals surface area contributed by atoms with Gasteiger partial charge in [0.25, 0.3) is 0 Å². The van der Waals surface area contributed by atoms with Crippen molar-refractivity contribution in [2.24, 2.45) is 0 Å². The molecule has 4 nitrogen and oxygen atoms in total. The lowest BCUT2D eigenvalue weighted by Crippen LogP contribution is -2.56. The molecule has 0 radical (unpaired) electrons. The molecule has 1 N–H and O–H groups in total. The molecule has 2 heterocycles. The van der Waals surface area contributed by atoms with Gasteiger partial charge in [0.2, 0.25) is 5.91 Å². The van der Waals surface area contributed by atoms with E-state index in [2.05, 4.69) is 5.32 Å². The molecule has 3 rings (SSSR count).